The summed E-state index contributed by atoms with van der Waals surface area (Å²) in [6.07, 6.45) is 4.75. The van der Waals surface area contributed by atoms with E-state index in [2.05, 4.69) is 12.2 Å². The van der Waals surface area contributed by atoms with E-state index in [4.69, 9.17) is 5.11 Å². The van der Waals surface area contributed by atoms with Crippen LogP contribution in [0.4, 0.5) is 0 Å². The molecular formula is C13H26N2O2. The summed E-state index contributed by atoms with van der Waals surface area (Å²) < 4.78 is 0. The van der Waals surface area contributed by atoms with Crippen LogP contribution in [0.25, 0.3) is 0 Å². The molecule has 0 aliphatic carbocycles. The number of aliphatic hydroxyl groups excluding tert-OH is 1. The summed E-state index contributed by atoms with van der Waals surface area (Å²) in [6.45, 7) is 4.16. The quantitative estimate of drug-likeness (QED) is 0.683. The molecule has 2 unspecified atom stereocenters. The second-order valence-electron chi connectivity index (χ2n) is 5.12. The van der Waals surface area contributed by atoms with Crippen LogP contribution < -0.4 is 5.32 Å². The molecule has 2 N–H and O–H groups in total. The van der Waals surface area contributed by atoms with Gasteiger partial charge in [-0.25, -0.2) is 0 Å². The van der Waals surface area contributed by atoms with Crippen molar-refractivity contribution in [3.8, 4) is 0 Å². The predicted octanol–water partition coefficient (Wildman–Crippen LogP) is 0.996. The van der Waals surface area contributed by atoms with Crippen LogP contribution in [0.15, 0.2) is 0 Å². The van der Waals surface area contributed by atoms with E-state index in [9.17, 15) is 4.79 Å². The Morgan fingerprint density at radius 3 is 2.82 bits per heavy atom. The first-order valence-corrected chi connectivity index (χ1v) is 6.74. The molecular weight excluding hydrogens is 216 g/mol. The molecule has 1 saturated heterocycles. The Hall–Kier alpha value is -0.610. The molecule has 0 spiro atoms. The fourth-order valence-electron chi connectivity index (χ4n) is 2.42. The summed E-state index contributed by atoms with van der Waals surface area (Å²) >= 11 is 0. The lowest BCUT2D eigenvalue weighted by Crippen LogP contribution is -2.43. The van der Waals surface area contributed by atoms with Gasteiger partial charge in [0.05, 0.1) is 0 Å². The van der Waals surface area contributed by atoms with E-state index < -0.39 is 0 Å². The third-order valence-electron chi connectivity index (χ3n) is 3.50. The maximum atomic E-state index is 12.2. The third-order valence-corrected chi connectivity index (χ3v) is 3.50. The van der Waals surface area contributed by atoms with Crippen LogP contribution in [0.3, 0.4) is 0 Å². The zero-order valence-electron chi connectivity index (χ0n) is 11.1. The predicted molar refractivity (Wildman–Crippen MR) is 68.8 cm³/mol. The number of amides is 1. The molecule has 2 atom stereocenters. The Bertz CT molecular complexity index is 233. The average Bonchev–Trinajstić information content (AvgIpc) is 2.33. The van der Waals surface area contributed by atoms with Crippen molar-refractivity contribution >= 4 is 5.91 Å². The SMILES string of the molecule is CC1CC(C(=O)N(C)CCCCCO)CCN1. The molecule has 17 heavy (non-hydrogen) atoms. The van der Waals surface area contributed by atoms with Crippen molar-refractivity contribution in [1.82, 2.24) is 10.2 Å². The van der Waals surface area contributed by atoms with E-state index in [0.717, 1.165) is 45.2 Å². The van der Waals surface area contributed by atoms with Gasteiger partial charge in [-0.15, -0.1) is 0 Å². The number of hydrogen-bond acceptors (Lipinski definition) is 3. The summed E-state index contributed by atoms with van der Waals surface area (Å²) in [5.41, 5.74) is 0. The lowest BCUT2D eigenvalue weighted by molar-refractivity contribution is -0.135. The first-order valence-electron chi connectivity index (χ1n) is 6.74. The number of carbonyl (C=O) groups is 1. The molecule has 1 rings (SSSR count). The fourth-order valence-corrected chi connectivity index (χ4v) is 2.42. The van der Waals surface area contributed by atoms with Crippen molar-refractivity contribution in [2.24, 2.45) is 5.92 Å². The topological polar surface area (TPSA) is 52.6 Å². The standard InChI is InChI=1S/C13H26N2O2/c1-11-10-12(6-7-14-11)13(17)15(2)8-4-3-5-9-16/h11-12,14,16H,3-10H2,1-2H3. The smallest absolute Gasteiger partial charge is 0.225 e. The van der Waals surface area contributed by atoms with Gasteiger partial charge in [-0.3, -0.25) is 4.79 Å². The van der Waals surface area contributed by atoms with Gasteiger partial charge < -0.3 is 15.3 Å². The van der Waals surface area contributed by atoms with E-state index in [0.29, 0.717) is 11.9 Å². The minimum Gasteiger partial charge on any atom is -0.396 e. The van der Waals surface area contributed by atoms with Crippen molar-refractivity contribution in [3.63, 3.8) is 0 Å². The van der Waals surface area contributed by atoms with Gasteiger partial charge in [0, 0.05) is 32.2 Å². The van der Waals surface area contributed by atoms with Gasteiger partial charge in [0.2, 0.25) is 5.91 Å². The highest BCUT2D eigenvalue weighted by Gasteiger charge is 2.26. The van der Waals surface area contributed by atoms with E-state index in [1.807, 2.05) is 11.9 Å². The largest absolute Gasteiger partial charge is 0.396 e. The number of nitrogens with zero attached hydrogens (tertiary/aromatic N) is 1. The molecule has 1 aliphatic heterocycles. The summed E-state index contributed by atoms with van der Waals surface area (Å²) in [5.74, 6) is 0.497. The van der Waals surface area contributed by atoms with Crippen molar-refractivity contribution in [3.05, 3.63) is 0 Å². The van der Waals surface area contributed by atoms with Gasteiger partial charge in [-0.05, 0) is 45.6 Å². The minimum absolute atomic E-state index is 0.203. The van der Waals surface area contributed by atoms with Gasteiger partial charge in [0.1, 0.15) is 0 Å². The molecule has 1 heterocycles. The van der Waals surface area contributed by atoms with Crippen molar-refractivity contribution in [2.45, 2.75) is 45.1 Å². The Morgan fingerprint density at radius 1 is 1.41 bits per heavy atom. The van der Waals surface area contributed by atoms with Crippen LogP contribution in [0.2, 0.25) is 0 Å². The molecule has 1 amide bonds. The number of nitrogens with one attached hydrogen (secondary N) is 1. The van der Waals surface area contributed by atoms with E-state index >= 15 is 0 Å². The number of aliphatic hydroxyl groups is 1. The molecule has 0 saturated carbocycles. The van der Waals surface area contributed by atoms with E-state index in [1.165, 1.54) is 0 Å². The second kappa shape index (κ2) is 7.67. The van der Waals surface area contributed by atoms with Crippen molar-refractivity contribution < 1.29 is 9.90 Å². The Labute approximate surface area is 104 Å². The van der Waals surface area contributed by atoms with Crippen molar-refractivity contribution in [1.29, 1.82) is 0 Å². The monoisotopic (exact) mass is 242 g/mol. The number of carbonyl (C=O) groups excluding carboxylic acids is 1. The van der Waals surface area contributed by atoms with Gasteiger partial charge in [-0.1, -0.05) is 0 Å². The highest BCUT2D eigenvalue weighted by Crippen LogP contribution is 2.18. The van der Waals surface area contributed by atoms with Gasteiger partial charge in [0.15, 0.2) is 0 Å². The summed E-state index contributed by atoms with van der Waals surface area (Å²) in [7, 11) is 1.90. The zero-order chi connectivity index (χ0) is 12.7. The van der Waals surface area contributed by atoms with Crippen LogP contribution in [-0.2, 0) is 4.79 Å². The first kappa shape index (κ1) is 14.5. The molecule has 1 fully saturated rings. The molecule has 0 radical (unpaired) electrons. The van der Waals surface area contributed by atoms with Gasteiger partial charge >= 0.3 is 0 Å². The van der Waals surface area contributed by atoms with E-state index in [1.54, 1.807) is 0 Å². The number of rotatable bonds is 6. The van der Waals surface area contributed by atoms with Crippen LogP contribution in [0, 0.1) is 5.92 Å². The van der Waals surface area contributed by atoms with Gasteiger partial charge in [-0.2, -0.15) is 0 Å². The Balaban J connectivity index is 2.25. The summed E-state index contributed by atoms with van der Waals surface area (Å²) in [5, 5.41) is 12.1. The summed E-state index contributed by atoms with van der Waals surface area (Å²) in [4.78, 5) is 14.0. The van der Waals surface area contributed by atoms with Crippen LogP contribution in [-0.4, -0.2) is 48.7 Å². The summed E-state index contributed by atoms with van der Waals surface area (Å²) in [6, 6.07) is 0.459. The third kappa shape index (κ3) is 5.04. The molecule has 0 aromatic rings. The highest BCUT2D eigenvalue weighted by molar-refractivity contribution is 5.78. The average molecular weight is 242 g/mol. The molecule has 0 aromatic heterocycles. The van der Waals surface area contributed by atoms with Crippen molar-refractivity contribution in [2.75, 3.05) is 26.7 Å². The second-order valence-corrected chi connectivity index (χ2v) is 5.12. The molecule has 4 heteroatoms. The van der Waals surface area contributed by atoms with Crippen LogP contribution >= 0.6 is 0 Å². The lowest BCUT2D eigenvalue weighted by atomic mass is 9.92. The number of piperidine rings is 1. The van der Waals surface area contributed by atoms with E-state index in [-0.39, 0.29) is 12.5 Å². The van der Waals surface area contributed by atoms with Gasteiger partial charge in [0.25, 0.3) is 0 Å². The molecule has 0 aromatic carbocycles. The first-order chi connectivity index (χ1) is 8.15. The minimum atomic E-state index is 0.203. The number of unbranched alkanes of at least 4 members (excludes halogenated alkanes) is 2. The zero-order valence-corrected chi connectivity index (χ0v) is 11.1. The fraction of sp³-hybridized carbons (Fsp3) is 0.923. The Kier molecular flexibility index (Phi) is 6.52. The number of hydrogen-bond donors (Lipinski definition) is 2. The lowest BCUT2D eigenvalue weighted by Gasteiger charge is -2.30. The molecule has 4 nitrogen and oxygen atoms in total. The maximum absolute atomic E-state index is 12.2. The Morgan fingerprint density at radius 2 is 2.18 bits per heavy atom. The van der Waals surface area contributed by atoms with Crippen LogP contribution in [0.5, 0.6) is 0 Å². The molecule has 0 bridgehead atoms. The molecule has 1 aliphatic rings. The maximum Gasteiger partial charge on any atom is 0.225 e. The molecule has 100 valence electrons. The normalized spacial score (nSPS) is 24.6. The highest BCUT2D eigenvalue weighted by atomic mass is 16.2. The van der Waals surface area contributed by atoms with Crippen LogP contribution in [0.1, 0.15) is 39.0 Å².